The lowest BCUT2D eigenvalue weighted by Crippen LogP contribution is -2.47. The van der Waals surface area contributed by atoms with Gasteiger partial charge in [-0.05, 0) is 89.6 Å². The molecule has 1 N–H and O–H groups in total. The van der Waals surface area contributed by atoms with Crippen LogP contribution in [0.25, 0.3) is 0 Å². The molecule has 1 heterocycles. The van der Waals surface area contributed by atoms with E-state index >= 15 is 0 Å². The van der Waals surface area contributed by atoms with Crippen LogP contribution in [0, 0.1) is 5.92 Å². The van der Waals surface area contributed by atoms with Gasteiger partial charge in [-0.3, -0.25) is 4.90 Å². The van der Waals surface area contributed by atoms with Crippen molar-refractivity contribution in [1.82, 2.24) is 10.2 Å². The van der Waals surface area contributed by atoms with Gasteiger partial charge in [0.05, 0.1) is 0 Å². The molecule has 1 amide bonds. The Kier molecular flexibility index (Phi) is 7.69. The van der Waals surface area contributed by atoms with E-state index in [1.54, 1.807) is 0 Å². The van der Waals surface area contributed by atoms with E-state index in [9.17, 15) is 4.79 Å². The molecule has 1 saturated carbocycles. The van der Waals surface area contributed by atoms with E-state index in [4.69, 9.17) is 16.3 Å². The molecule has 1 saturated heterocycles. The van der Waals surface area contributed by atoms with Gasteiger partial charge in [0.2, 0.25) is 0 Å². The van der Waals surface area contributed by atoms with Crippen molar-refractivity contribution >= 4 is 23.4 Å². The molecule has 5 nitrogen and oxygen atoms in total. The number of nitrogens with zero attached hydrogens (tertiary/aromatic N) is 2. The lowest BCUT2D eigenvalue weighted by atomic mass is 9.84. The van der Waals surface area contributed by atoms with Crippen LogP contribution in [0.3, 0.4) is 0 Å². The molecular formula is C23H36ClN3O2. The zero-order valence-corrected chi connectivity index (χ0v) is 18.9. The summed E-state index contributed by atoms with van der Waals surface area (Å²) in [5.74, 6) is 0.779. The molecule has 3 rings (SSSR count). The molecule has 0 unspecified atom stereocenters. The Labute approximate surface area is 180 Å². The van der Waals surface area contributed by atoms with Gasteiger partial charge in [0.25, 0.3) is 0 Å². The molecule has 2 aliphatic rings. The number of nitrogens with one attached hydrogen (secondary N) is 1. The van der Waals surface area contributed by atoms with Crippen LogP contribution in [0.2, 0.25) is 5.02 Å². The highest BCUT2D eigenvalue weighted by Crippen LogP contribution is 2.28. The van der Waals surface area contributed by atoms with Crippen molar-refractivity contribution in [1.29, 1.82) is 0 Å². The third-order valence-corrected chi connectivity index (χ3v) is 6.24. The van der Waals surface area contributed by atoms with Gasteiger partial charge >= 0.3 is 6.09 Å². The minimum Gasteiger partial charge on any atom is -0.444 e. The third-order valence-electron chi connectivity index (χ3n) is 5.99. The molecule has 2 fully saturated rings. The quantitative estimate of drug-likeness (QED) is 0.731. The molecule has 29 heavy (non-hydrogen) atoms. The van der Waals surface area contributed by atoms with Crippen molar-refractivity contribution in [2.75, 3.05) is 37.6 Å². The molecule has 1 aliphatic carbocycles. The molecule has 0 aromatic heterocycles. The number of hydrogen-bond acceptors (Lipinski definition) is 4. The summed E-state index contributed by atoms with van der Waals surface area (Å²) in [6.45, 7) is 11.3. The van der Waals surface area contributed by atoms with Crippen molar-refractivity contribution in [3.63, 3.8) is 0 Å². The van der Waals surface area contributed by atoms with Gasteiger partial charge in [-0.1, -0.05) is 11.6 Å². The molecule has 0 atom stereocenters. The van der Waals surface area contributed by atoms with E-state index < -0.39 is 5.60 Å². The van der Waals surface area contributed by atoms with Crippen molar-refractivity contribution in [3.8, 4) is 0 Å². The fourth-order valence-electron chi connectivity index (χ4n) is 4.32. The number of anilines is 1. The van der Waals surface area contributed by atoms with Gasteiger partial charge in [-0.2, -0.15) is 0 Å². The second kappa shape index (κ2) is 10.0. The Bertz CT molecular complexity index is 643. The first-order valence-electron chi connectivity index (χ1n) is 11.0. The number of amides is 1. The maximum atomic E-state index is 11.9. The van der Waals surface area contributed by atoms with Gasteiger partial charge in [0.15, 0.2) is 0 Å². The predicted octanol–water partition coefficient (Wildman–Crippen LogP) is 4.94. The second-order valence-corrected chi connectivity index (χ2v) is 9.89. The van der Waals surface area contributed by atoms with Crippen LogP contribution in [-0.2, 0) is 4.74 Å². The van der Waals surface area contributed by atoms with Crippen molar-refractivity contribution in [2.45, 2.75) is 64.5 Å². The Morgan fingerprint density at radius 2 is 1.69 bits per heavy atom. The van der Waals surface area contributed by atoms with E-state index in [0.29, 0.717) is 0 Å². The highest BCUT2D eigenvalue weighted by atomic mass is 35.5. The van der Waals surface area contributed by atoms with Crippen molar-refractivity contribution in [2.24, 2.45) is 5.92 Å². The van der Waals surface area contributed by atoms with E-state index in [0.717, 1.165) is 50.0 Å². The van der Waals surface area contributed by atoms with Crippen LogP contribution < -0.4 is 10.2 Å². The number of benzene rings is 1. The van der Waals surface area contributed by atoms with Crippen LogP contribution in [0.1, 0.15) is 52.9 Å². The highest BCUT2D eigenvalue weighted by molar-refractivity contribution is 6.30. The molecule has 1 aliphatic heterocycles. The largest absolute Gasteiger partial charge is 0.444 e. The van der Waals surface area contributed by atoms with E-state index in [-0.39, 0.29) is 12.1 Å². The zero-order valence-electron chi connectivity index (χ0n) is 18.1. The Morgan fingerprint density at radius 1 is 1.07 bits per heavy atom. The average molecular weight is 422 g/mol. The fourth-order valence-corrected chi connectivity index (χ4v) is 4.44. The SMILES string of the molecule is CC(C)(C)OC(=O)N[C@H]1CC[C@H](CCN2CCN(c3ccc(Cl)cc3)CC2)CC1. The number of alkyl carbamates (subject to hydrolysis) is 1. The molecule has 6 heteroatoms. The number of ether oxygens (including phenoxy) is 1. The second-order valence-electron chi connectivity index (χ2n) is 9.46. The van der Waals surface area contributed by atoms with Crippen molar-refractivity contribution < 1.29 is 9.53 Å². The van der Waals surface area contributed by atoms with Gasteiger partial charge in [-0.15, -0.1) is 0 Å². The van der Waals surface area contributed by atoms with Crippen LogP contribution in [0.5, 0.6) is 0 Å². The standard InChI is InChI=1S/C23H36ClN3O2/c1-23(2,3)29-22(28)25-20-8-4-18(5-9-20)12-13-26-14-16-27(17-15-26)21-10-6-19(24)7-11-21/h6-7,10-11,18,20H,4-5,8-9,12-17H2,1-3H3,(H,25,28)/t18-,20-. The Morgan fingerprint density at radius 3 is 2.28 bits per heavy atom. The van der Waals surface area contributed by atoms with Crippen molar-refractivity contribution in [3.05, 3.63) is 29.3 Å². The topological polar surface area (TPSA) is 44.8 Å². The smallest absolute Gasteiger partial charge is 0.407 e. The summed E-state index contributed by atoms with van der Waals surface area (Å²) >= 11 is 5.99. The number of carbonyl (C=O) groups excluding carboxylic acids is 1. The first kappa shape index (κ1) is 22.2. The molecule has 0 bridgehead atoms. The molecule has 0 radical (unpaired) electrons. The molecule has 1 aromatic carbocycles. The van der Waals surface area contributed by atoms with Gasteiger partial charge in [0, 0.05) is 42.9 Å². The lowest BCUT2D eigenvalue weighted by molar-refractivity contribution is 0.0486. The summed E-state index contributed by atoms with van der Waals surface area (Å²) in [7, 11) is 0. The van der Waals surface area contributed by atoms with Gasteiger partial charge < -0.3 is 15.0 Å². The number of rotatable bonds is 5. The molecule has 1 aromatic rings. The average Bonchev–Trinajstić information content (AvgIpc) is 2.67. The third kappa shape index (κ3) is 7.38. The first-order chi connectivity index (χ1) is 13.8. The summed E-state index contributed by atoms with van der Waals surface area (Å²) in [6, 6.07) is 8.43. The fraction of sp³-hybridized carbons (Fsp3) is 0.696. The van der Waals surface area contributed by atoms with Gasteiger partial charge in [-0.25, -0.2) is 4.79 Å². The lowest BCUT2D eigenvalue weighted by Gasteiger charge is -2.37. The van der Waals surface area contributed by atoms with E-state index in [2.05, 4.69) is 27.2 Å². The maximum absolute atomic E-state index is 11.9. The minimum atomic E-state index is -0.432. The normalized spacial score (nSPS) is 23.7. The summed E-state index contributed by atoms with van der Waals surface area (Å²) in [4.78, 5) is 17.0. The van der Waals surface area contributed by atoms with Gasteiger partial charge in [0.1, 0.15) is 5.60 Å². The van der Waals surface area contributed by atoms with Crippen LogP contribution in [0.15, 0.2) is 24.3 Å². The maximum Gasteiger partial charge on any atom is 0.407 e. The predicted molar refractivity (Wildman–Crippen MR) is 120 cm³/mol. The number of hydrogen-bond donors (Lipinski definition) is 1. The summed E-state index contributed by atoms with van der Waals surface area (Å²) in [5.41, 5.74) is 0.837. The number of halogens is 1. The van der Waals surface area contributed by atoms with Crippen LogP contribution in [-0.4, -0.2) is 55.4 Å². The Balaban J connectivity index is 1.31. The molecule has 162 valence electrons. The Hall–Kier alpha value is -1.46. The first-order valence-corrected chi connectivity index (χ1v) is 11.4. The summed E-state index contributed by atoms with van der Waals surface area (Å²) in [6.07, 6.45) is 5.51. The highest BCUT2D eigenvalue weighted by Gasteiger charge is 2.25. The van der Waals surface area contributed by atoms with E-state index in [1.165, 1.54) is 31.5 Å². The van der Waals surface area contributed by atoms with E-state index in [1.807, 2.05) is 32.9 Å². The van der Waals surface area contributed by atoms with Crippen LogP contribution >= 0.6 is 11.6 Å². The molecular weight excluding hydrogens is 386 g/mol. The number of carbonyl (C=O) groups is 1. The summed E-state index contributed by atoms with van der Waals surface area (Å²) < 4.78 is 5.37. The zero-order chi connectivity index (χ0) is 20.9. The minimum absolute atomic E-state index is 0.268. The van der Waals surface area contributed by atoms with Crippen LogP contribution in [0.4, 0.5) is 10.5 Å². The molecule has 0 spiro atoms. The summed E-state index contributed by atoms with van der Waals surface area (Å²) in [5, 5.41) is 3.83. The number of piperazine rings is 1. The monoisotopic (exact) mass is 421 g/mol.